The molecule has 0 bridgehead atoms. The molecule has 3 N–H and O–H groups in total. The van der Waals surface area contributed by atoms with Crippen molar-refractivity contribution < 1.29 is 9.84 Å². The van der Waals surface area contributed by atoms with Gasteiger partial charge < -0.3 is 20.5 Å². The second-order valence-electron chi connectivity index (χ2n) is 7.06. The van der Waals surface area contributed by atoms with Gasteiger partial charge in [0.15, 0.2) is 5.96 Å². The van der Waals surface area contributed by atoms with Crippen LogP contribution in [0.1, 0.15) is 30.0 Å². The average Bonchev–Trinajstić information content (AvgIpc) is 3.31. The van der Waals surface area contributed by atoms with Gasteiger partial charge in [0.05, 0.1) is 18.8 Å². The summed E-state index contributed by atoms with van der Waals surface area (Å²) in [6, 6.07) is 17.5. The fraction of sp³-hybridized carbons (Fsp3) is 0.304. The molecule has 0 radical (unpaired) electrons. The van der Waals surface area contributed by atoms with E-state index >= 15 is 0 Å². The molecule has 0 aliphatic heterocycles. The molecule has 0 aliphatic rings. The summed E-state index contributed by atoms with van der Waals surface area (Å²) in [5, 5.41) is 19.1. The molecule has 158 valence electrons. The van der Waals surface area contributed by atoms with Crippen LogP contribution < -0.4 is 15.4 Å². The van der Waals surface area contributed by atoms with E-state index in [4.69, 9.17) is 4.74 Å². The lowest BCUT2D eigenvalue weighted by Gasteiger charge is -2.23. The second kappa shape index (κ2) is 10.8. The summed E-state index contributed by atoms with van der Waals surface area (Å²) in [6.45, 7) is 5.85. The van der Waals surface area contributed by atoms with Gasteiger partial charge in [0, 0.05) is 17.6 Å². The van der Waals surface area contributed by atoms with E-state index in [2.05, 4.69) is 20.6 Å². The number of rotatable bonds is 9. The summed E-state index contributed by atoms with van der Waals surface area (Å²) in [5.41, 5.74) is 0.969. The number of hydrogen-bond donors (Lipinski definition) is 3. The highest BCUT2D eigenvalue weighted by Crippen LogP contribution is 2.24. The number of guanidine groups is 1. The van der Waals surface area contributed by atoms with Gasteiger partial charge >= 0.3 is 0 Å². The molecule has 3 rings (SSSR count). The first-order valence-electron chi connectivity index (χ1n) is 9.97. The van der Waals surface area contributed by atoms with Gasteiger partial charge in [-0.2, -0.15) is 0 Å². The molecule has 0 saturated carbocycles. The van der Waals surface area contributed by atoms with E-state index < -0.39 is 5.60 Å². The minimum Gasteiger partial charge on any atom is -0.487 e. The Labute approximate surface area is 181 Å². The number of nitrogens with one attached hydrogen (secondary N) is 2. The van der Waals surface area contributed by atoms with E-state index in [1.807, 2.05) is 66.9 Å². The van der Waals surface area contributed by atoms with Crippen LogP contribution in [0.4, 0.5) is 0 Å². The van der Waals surface area contributed by atoms with Crippen LogP contribution in [0.2, 0.25) is 0 Å². The van der Waals surface area contributed by atoms with Crippen LogP contribution in [-0.4, -0.2) is 29.1 Å². The number of aromatic nitrogens is 1. The van der Waals surface area contributed by atoms with Gasteiger partial charge in [-0.05, 0) is 55.1 Å². The van der Waals surface area contributed by atoms with Crippen LogP contribution >= 0.6 is 11.3 Å². The lowest BCUT2D eigenvalue weighted by Crippen LogP contribution is -2.44. The van der Waals surface area contributed by atoms with Gasteiger partial charge in [-0.15, -0.1) is 11.3 Å². The van der Waals surface area contributed by atoms with Crippen LogP contribution in [0.3, 0.4) is 0 Å². The Morgan fingerprint density at radius 2 is 2.07 bits per heavy atom. The number of thiophene rings is 1. The van der Waals surface area contributed by atoms with E-state index in [0.29, 0.717) is 25.7 Å². The van der Waals surface area contributed by atoms with E-state index in [9.17, 15) is 5.11 Å². The Morgan fingerprint density at radius 3 is 2.80 bits per heavy atom. The Morgan fingerprint density at radius 1 is 1.17 bits per heavy atom. The first-order valence-corrected chi connectivity index (χ1v) is 10.8. The summed E-state index contributed by atoms with van der Waals surface area (Å²) in [4.78, 5) is 9.84. The third kappa shape index (κ3) is 6.57. The van der Waals surface area contributed by atoms with Crippen LogP contribution in [0.15, 0.2) is 71.2 Å². The Kier molecular flexibility index (Phi) is 7.82. The zero-order valence-corrected chi connectivity index (χ0v) is 18.2. The van der Waals surface area contributed by atoms with Gasteiger partial charge in [0.25, 0.3) is 0 Å². The van der Waals surface area contributed by atoms with Gasteiger partial charge in [-0.3, -0.25) is 4.98 Å². The van der Waals surface area contributed by atoms with Crippen LogP contribution in [0.25, 0.3) is 0 Å². The molecule has 1 aromatic carbocycles. The summed E-state index contributed by atoms with van der Waals surface area (Å²) in [5.74, 6) is 1.45. The number of hydrogen-bond acceptors (Lipinski definition) is 5. The van der Waals surface area contributed by atoms with Crippen molar-refractivity contribution in [3.05, 3.63) is 82.3 Å². The zero-order chi connectivity index (χ0) is 21.2. The van der Waals surface area contributed by atoms with E-state index in [-0.39, 0.29) is 0 Å². The lowest BCUT2D eigenvalue weighted by molar-refractivity contribution is 0.0655. The molecule has 6 nitrogen and oxygen atoms in total. The van der Waals surface area contributed by atoms with Crippen LogP contribution in [-0.2, 0) is 18.8 Å². The lowest BCUT2D eigenvalue weighted by atomic mass is 10.1. The minimum absolute atomic E-state index is 0.368. The van der Waals surface area contributed by atoms with Gasteiger partial charge in [0.2, 0.25) is 0 Å². The van der Waals surface area contributed by atoms with Crippen molar-refractivity contribution in [2.75, 3.05) is 13.1 Å². The fourth-order valence-corrected chi connectivity index (χ4v) is 3.60. The van der Waals surface area contributed by atoms with E-state index in [0.717, 1.165) is 28.4 Å². The predicted octanol–water partition coefficient (Wildman–Crippen LogP) is 3.68. The van der Waals surface area contributed by atoms with Crippen molar-refractivity contribution in [2.45, 2.75) is 32.6 Å². The van der Waals surface area contributed by atoms with Crippen molar-refractivity contribution in [1.29, 1.82) is 0 Å². The van der Waals surface area contributed by atoms with Gasteiger partial charge in [-0.25, -0.2) is 4.99 Å². The molecule has 1 unspecified atom stereocenters. The normalized spacial score (nSPS) is 13.5. The third-order valence-electron chi connectivity index (χ3n) is 4.43. The van der Waals surface area contributed by atoms with Crippen molar-refractivity contribution >= 4 is 17.3 Å². The molecule has 2 heterocycles. The van der Waals surface area contributed by atoms with Crippen LogP contribution in [0, 0.1) is 0 Å². The fourth-order valence-electron chi connectivity index (χ4n) is 2.81. The molecule has 0 fully saturated rings. The highest BCUT2D eigenvalue weighted by atomic mass is 32.1. The molecule has 7 heteroatoms. The minimum atomic E-state index is -0.955. The maximum absolute atomic E-state index is 10.7. The van der Waals surface area contributed by atoms with E-state index in [1.165, 1.54) is 0 Å². The maximum atomic E-state index is 10.7. The van der Waals surface area contributed by atoms with Crippen LogP contribution in [0.5, 0.6) is 5.75 Å². The number of ether oxygens (including phenoxy) is 1. The van der Waals surface area contributed by atoms with Crippen molar-refractivity contribution in [3.63, 3.8) is 0 Å². The first kappa shape index (κ1) is 21.8. The Hall–Kier alpha value is -2.90. The maximum Gasteiger partial charge on any atom is 0.191 e. The standard InChI is InChI=1S/C23H28N4O2S/c1-3-24-22(27-17-23(2,28)21-11-7-13-30-21)26-15-18-8-6-10-20(14-18)29-16-19-9-4-5-12-25-19/h4-14,28H,3,15-17H2,1-2H3,(H2,24,26,27). The number of nitrogens with zero attached hydrogens (tertiary/aromatic N) is 2. The molecule has 30 heavy (non-hydrogen) atoms. The summed E-state index contributed by atoms with van der Waals surface area (Å²) in [7, 11) is 0. The SMILES string of the molecule is CCNC(=NCc1cccc(OCc2ccccn2)c1)NCC(C)(O)c1cccs1. The summed E-state index contributed by atoms with van der Waals surface area (Å²) in [6.07, 6.45) is 1.76. The average molecular weight is 425 g/mol. The topological polar surface area (TPSA) is 78.8 Å². The summed E-state index contributed by atoms with van der Waals surface area (Å²) < 4.78 is 5.85. The molecule has 1 atom stereocenters. The number of benzene rings is 1. The first-order chi connectivity index (χ1) is 14.6. The van der Waals surface area contributed by atoms with Crippen molar-refractivity contribution in [1.82, 2.24) is 15.6 Å². The molecular weight excluding hydrogens is 396 g/mol. The molecule has 0 amide bonds. The molecule has 2 aromatic heterocycles. The largest absolute Gasteiger partial charge is 0.487 e. The quantitative estimate of drug-likeness (QED) is 0.361. The Balaban J connectivity index is 1.58. The van der Waals surface area contributed by atoms with E-state index in [1.54, 1.807) is 24.5 Å². The number of aliphatic hydroxyl groups is 1. The third-order valence-corrected chi connectivity index (χ3v) is 5.55. The monoisotopic (exact) mass is 424 g/mol. The zero-order valence-electron chi connectivity index (χ0n) is 17.3. The highest BCUT2D eigenvalue weighted by molar-refractivity contribution is 7.10. The predicted molar refractivity (Wildman–Crippen MR) is 122 cm³/mol. The number of pyridine rings is 1. The molecule has 3 aromatic rings. The molecule has 0 saturated heterocycles. The summed E-state index contributed by atoms with van der Waals surface area (Å²) >= 11 is 1.54. The Bertz CT molecular complexity index is 927. The number of aliphatic imine (C=N–C) groups is 1. The van der Waals surface area contributed by atoms with Gasteiger partial charge in [0.1, 0.15) is 18.0 Å². The van der Waals surface area contributed by atoms with Crippen molar-refractivity contribution in [3.8, 4) is 5.75 Å². The van der Waals surface area contributed by atoms with Gasteiger partial charge in [-0.1, -0.05) is 24.3 Å². The molecule has 0 aliphatic carbocycles. The molecular formula is C23H28N4O2S. The van der Waals surface area contributed by atoms with Crippen molar-refractivity contribution in [2.24, 2.45) is 4.99 Å². The highest BCUT2D eigenvalue weighted by Gasteiger charge is 2.24. The second-order valence-corrected chi connectivity index (χ2v) is 8.00. The smallest absolute Gasteiger partial charge is 0.191 e. The molecule has 0 spiro atoms.